The van der Waals surface area contributed by atoms with Gasteiger partial charge >= 0.3 is 0 Å². The Morgan fingerprint density at radius 1 is 1.41 bits per heavy atom. The Bertz CT molecular complexity index is 342. The van der Waals surface area contributed by atoms with Gasteiger partial charge in [0.2, 0.25) is 0 Å². The third-order valence-electron chi connectivity index (χ3n) is 4.02. The normalized spacial score (nSPS) is 48.5. The third kappa shape index (κ3) is 1.85. The van der Waals surface area contributed by atoms with Gasteiger partial charge < -0.3 is 19.3 Å². The van der Waals surface area contributed by atoms with Crippen LogP contribution in [0.15, 0.2) is 0 Å². The number of hydrogen-bond acceptors (Lipinski definition) is 5. The highest BCUT2D eigenvalue weighted by Crippen LogP contribution is 2.46. The van der Waals surface area contributed by atoms with Crippen LogP contribution in [0.4, 0.5) is 0 Å². The van der Waals surface area contributed by atoms with Crippen LogP contribution in [0.1, 0.15) is 32.1 Å². The first kappa shape index (κ1) is 11.4. The van der Waals surface area contributed by atoms with Gasteiger partial charge in [-0.25, -0.2) is 0 Å². The van der Waals surface area contributed by atoms with Crippen molar-refractivity contribution in [2.75, 3.05) is 6.61 Å². The maximum atomic E-state index is 9.60. The molecule has 3 fully saturated rings. The van der Waals surface area contributed by atoms with Crippen LogP contribution >= 0.6 is 0 Å². The molecule has 3 saturated heterocycles. The molecule has 0 aliphatic carbocycles. The van der Waals surface area contributed by atoms with E-state index in [2.05, 4.69) is 6.07 Å². The van der Waals surface area contributed by atoms with E-state index in [4.69, 9.17) is 19.5 Å². The van der Waals surface area contributed by atoms with E-state index in [9.17, 15) is 5.11 Å². The second kappa shape index (κ2) is 4.21. The van der Waals surface area contributed by atoms with Gasteiger partial charge in [-0.15, -0.1) is 0 Å². The van der Waals surface area contributed by atoms with E-state index in [-0.39, 0.29) is 23.9 Å². The average Bonchev–Trinajstić information content (AvgIpc) is 2.66. The summed E-state index contributed by atoms with van der Waals surface area (Å²) in [5, 5.41) is 18.2. The zero-order valence-electron chi connectivity index (χ0n) is 9.67. The Kier molecular flexibility index (Phi) is 2.83. The van der Waals surface area contributed by atoms with Gasteiger partial charge in [0.25, 0.3) is 0 Å². The molecule has 3 heterocycles. The van der Waals surface area contributed by atoms with Gasteiger partial charge in [-0.1, -0.05) is 0 Å². The summed E-state index contributed by atoms with van der Waals surface area (Å²) in [6.07, 6.45) is 2.99. The standard InChI is InChI=1S/C12H17NO4/c13-5-1-2-8-3-4-10-12(17-8)6-9(16-10)11(14)15-7-12/h8-11,14H,1-4,6-7H2/t8-,9?,10-,11+,12+/m0/s1. The highest BCUT2D eigenvalue weighted by Gasteiger charge is 2.58. The monoisotopic (exact) mass is 239 g/mol. The molecule has 17 heavy (non-hydrogen) atoms. The summed E-state index contributed by atoms with van der Waals surface area (Å²) in [6, 6.07) is 2.15. The molecule has 0 saturated carbocycles. The molecule has 94 valence electrons. The third-order valence-corrected chi connectivity index (χ3v) is 4.02. The first-order valence-electron chi connectivity index (χ1n) is 6.23. The van der Waals surface area contributed by atoms with Gasteiger partial charge in [-0.05, 0) is 19.3 Å². The number of aliphatic hydroxyl groups is 1. The molecule has 1 N–H and O–H groups in total. The van der Waals surface area contributed by atoms with Gasteiger partial charge in [0.15, 0.2) is 6.29 Å². The molecule has 1 spiro atoms. The molecule has 0 aromatic rings. The van der Waals surface area contributed by atoms with Gasteiger partial charge in [-0.3, -0.25) is 0 Å². The minimum absolute atomic E-state index is 0.0444. The topological polar surface area (TPSA) is 71.7 Å². The smallest absolute Gasteiger partial charge is 0.181 e. The lowest BCUT2D eigenvalue weighted by molar-refractivity contribution is -0.222. The number of fused-ring (bicyclic) bond motifs is 1. The quantitative estimate of drug-likeness (QED) is 0.768. The second-order valence-electron chi connectivity index (χ2n) is 5.15. The second-order valence-corrected chi connectivity index (χ2v) is 5.15. The molecular formula is C12H17NO4. The predicted octanol–water partition coefficient (Wildman–Crippen LogP) is 0.714. The molecular weight excluding hydrogens is 222 g/mol. The number of ether oxygens (including phenoxy) is 3. The summed E-state index contributed by atoms with van der Waals surface area (Å²) in [7, 11) is 0. The Hall–Kier alpha value is -0.670. The lowest BCUT2D eigenvalue weighted by atomic mass is 9.85. The summed E-state index contributed by atoms with van der Waals surface area (Å²) >= 11 is 0. The Labute approximate surface area is 100 Å². The summed E-state index contributed by atoms with van der Waals surface area (Å²) in [5.74, 6) is 0. The highest BCUT2D eigenvalue weighted by molar-refractivity contribution is 5.04. The molecule has 5 nitrogen and oxygen atoms in total. The summed E-state index contributed by atoms with van der Waals surface area (Å²) in [5.41, 5.74) is -0.373. The molecule has 0 aromatic heterocycles. The summed E-state index contributed by atoms with van der Waals surface area (Å²) in [4.78, 5) is 0. The minimum Gasteiger partial charge on any atom is -0.366 e. The number of aliphatic hydroxyl groups excluding tert-OH is 1. The van der Waals surface area contributed by atoms with Crippen LogP contribution < -0.4 is 0 Å². The summed E-state index contributed by atoms with van der Waals surface area (Å²) in [6.45, 7) is 0.401. The van der Waals surface area contributed by atoms with Crippen molar-refractivity contribution in [3.63, 3.8) is 0 Å². The van der Waals surface area contributed by atoms with Crippen LogP contribution in [0.5, 0.6) is 0 Å². The van der Waals surface area contributed by atoms with Crippen LogP contribution in [0.3, 0.4) is 0 Å². The maximum Gasteiger partial charge on any atom is 0.181 e. The van der Waals surface area contributed by atoms with Gasteiger partial charge in [-0.2, -0.15) is 5.26 Å². The van der Waals surface area contributed by atoms with E-state index in [1.54, 1.807) is 0 Å². The van der Waals surface area contributed by atoms with E-state index in [0.29, 0.717) is 19.4 Å². The van der Waals surface area contributed by atoms with Crippen molar-refractivity contribution in [1.82, 2.24) is 0 Å². The average molecular weight is 239 g/mol. The van der Waals surface area contributed by atoms with Crippen molar-refractivity contribution in [2.24, 2.45) is 0 Å². The first-order chi connectivity index (χ1) is 8.23. The first-order valence-corrected chi connectivity index (χ1v) is 6.23. The fourth-order valence-corrected chi connectivity index (χ4v) is 3.15. The number of rotatable bonds is 2. The Morgan fingerprint density at radius 2 is 2.29 bits per heavy atom. The molecule has 0 aromatic carbocycles. The van der Waals surface area contributed by atoms with Crippen LogP contribution in [0, 0.1) is 11.3 Å². The van der Waals surface area contributed by atoms with Crippen LogP contribution in [-0.4, -0.2) is 41.9 Å². The number of hydrogen-bond donors (Lipinski definition) is 1. The SMILES string of the molecule is N#CCC[C@H]1CC[C@@H]2OC3C[C@]2(CO[C@H]3O)O1. The largest absolute Gasteiger partial charge is 0.366 e. The zero-order chi connectivity index (χ0) is 11.9. The van der Waals surface area contributed by atoms with Crippen molar-refractivity contribution >= 4 is 0 Å². The molecule has 3 aliphatic heterocycles. The van der Waals surface area contributed by atoms with Crippen molar-refractivity contribution < 1.29 is 19.3 Å². The van der Waals surface area contributed by atoms with Gasteiger partial charge in [0.05, 0.1) is 24.9 Å². The fourth-order valence-electron chi connectivity index (χ4n) is 3.15. The fraction of sp³-hybridized carbons (Fsp3) is 0.917. The molecule has 0 radical (unpaired) electrons. The Balaban J connectivity index is 1.70. The highest BCUT2D eigenvalue weighted by atomic mass is 16.7. The van der Waals surface area contributed by atoms with Crippen molar-refractivity contribution in [2.45, 2.75) is 62.3 Å². The number of nitriles is 1. The van der Waals surface area contributed by atoms with E-state index >= 15 is 0 Å². The minimum atomic E-state index is -0.813. The lowest BCUT2D eigenvalue weighted by Crippen LogP contribution is -2.53. The van der Waals surface area contributed by atoms with Gasteiger partial charge in [0, 0.05) is 12.8 Å². The molecule has 3 rings (SSSR count). The van der Waals surface area contributed by atoms with Crippen molar-refractivity contribution in [3.8, 4) is 6.07 Å². The Morgan fingerprint density at radius 3 is 3.12 bits per heavy atom. The van der Waals surface area contributed by atoms with Crippen LogP contribution in [0.2, 0.25) is 0 Å². The molecule has 5 heteroatoms. The zero-order valence-corrected chi connectivity index (χ0v) is 9.67. The van der Waals surface area contributed by atoms with Crippen LogP contribution in [0.25, 0.3) is 0 Å². The predicted molar refractivity (Wildman–Crippen MR) is 56.9 cm³/mol. The van der Waals surface area contributed by atoms with Crippen molar-refractivity contribution in [1.29, 1.82) is 5.26 Å². The summed E-state index contributed by atoms with van der Waals surface area (Å²) < 4.78 is 17.2. The van der Waals surface area contributed by atoms with E-state index in [1.165, 1.54) is 0 Å². The van der Waals surface area contributed by atoms with E-state index < -0.39 is 6.29 Å². The van der Waals surface area contributed by atoms with E-state index in [1.807, 2.05) is 0 Å². The molecule has 1 unspecified atom stereocenters. The van der Waals surface area contributed by atoms with E-state index in [0.717, 1.165) is 19.3 Å². The van der Waals surface area contributed by atoms with Gasteiger partial charge in [0.1, 0.15) is 11.7 Å². The molecule has 5 atom stereocenters. The molecule has 3 aliphatic rings. The lowest BCUT2D eigenvalue weighted by Gasteiger charge is -2.42. The maximum absolute atomic E-state index is 9.60. The van der Waals surface area contributed by atoms with Crippen molar-refractivity contribution in [3.05, 3.63) is 0 Å². The molecule has 0 amide bonds. The van der Waals surface area contributed by atoms with Crippen LogP contribution in [-0.2, 0) is 14.2 Å². The molecule has 2 bridgehead atoms. The number of nitrogens with zero attached hydrogens (tertiary/aromatic N) is 1.